The van der Waals surface area contributed by atoms with Gasteiger partial charge in [0.05, 0.1) is 5.92 Å². The first-order valence-corrected chi connectivity index (χ1v) is 8.32. The molecule has 3 fully saturated rings. The van der Waals surface area contributed by atoms with Crippen molar-refractivity contribution in [2.75, 3.05) is 32.7 Å². The fourth-order valence-corrected chi connectivity index (χ4v) is 3.99. The van der Waals surface area contributed by atoms with Gasteiger partial charge in [0.2, 0.25) is 0 Å². The second-order valence-corrected chi connectivity index (χ2v) is 7.21. The first-order valence-electron chi connectivity index (χ1n) is 8.32. The van der Waals surface area contributed by atoms with Gasteiger partial charge in [0.15, 0.2) is 0 Å². The van der Waals surface area contributed by atoms with Crippen LogP contribution in [0.3, 0.4) is 0 Å². The van der Waals surface area contributed by atoms with Gasteiger partial charge < -0.3 is 10.0 Å². The molecular weight excluding hydrogens is 252 g/mol. The number of carbonyl (C=O) groups is 1. The third-order valence-electron chi connectivity index (χ3n) is 5.49. The summed E-state index contributed by atoms with van der Waals surface area (Å²) in [5.74, 6) is 0.923. The van der Waals surface area contributed by atoms with Crippen molar-refractivity contribution in [3.8, 4) is 0 Å². The molecule has 1 N–H and O–H groups in total. The minimum Gasteiger partial charge on any atom is -0.481 e. The smallest absolute Gasteiger partial charge is 0.308 e. The van der Waals surface area contributed by atoms with E-state index in [4.69, 9.17) is 0 Å². The highest BCUT2D eigenvalue weighted by Crippen LogP contribution is 2.34. The first kappa shape index (κ1) is 14.3. The summed E-state index contributed by atoms with van der Waals surface area (Å²) in [4.78, 5) is 16.5. The van der Waals surface area contributed by atoms with E-state index < -0.39 is 5.97 Å². The van der Waals surface area contributed by atoms with Crippen LogP contribution in [-0.4, -0.2) is 59.6 Å². The Bertz CT molecular complexity index is 348. The van der Waals surface area contributed by atoms with Crippen molar-refractivity contribution in [2.24, 2.45) is 17.8 Å². The van der Waals surface area contributed by atoms with E-state index in [1.165, 1.54) is 19.4 Å². The number of carboxylic acids is 1. The zero-order chi connectivity index (χ0) is 14.1. The molecule has 114 valence electrons. The van der Waals surface area contributed by atoms with Crippen LogP contribution in [0.25, 0.3) is 0 Å². The lowest BCUT2D eigenvalue weighted by atomic mass is 9.78. The van der Waals surface area contributed by atoms with Crippen LogP contribution in [0.15, 0.2) is 0 Å². The van der Waals surface area contributed by atoms with Crippen LogP contribution in [0.5, 0.6) is 0 Å². The number of carboxylic acid groups (broad SMARTS) is 1. The van der Waals surface area contributed by atoms with Gasteiger partial charge in [-0.1, -0.05) is 6.92 Å². The van der Waals surface area contributed by atoms with Crippen LogP contribution in [-0.2, 0) is 4.79 Å². The summed E-state index contributed by atoms with van der Waals surface area (Å²) >= 11 is 0. The van der Waals surface area contributed by atoms with Gasteiger partial charge in [-0.15, -0.1) is 0 Å². The molecule has 2 aliphatic carbocycles. The zero-order valence-electron chi connectivity index (χ0n) is 12.6. The predicted molar refractivity (Wildman–Crippen MR) is 78.7 cm³/mol. The lowest BCUT2D eigenvalue weighted by molar-refractivity contribution is -0.146. The van der Waals surface area contributed by atoms with Crippen molar-refractivity contribution < 1.29 is 9.90 Å². The minimum absolute atomic E-state index is 0.138. The van der Waals surface area contributed by atoms with E-state index in [0.29, 0.717) is 5.92 Å². The van der Waals surface area contributed by atoms with Gasteiger partial charge in [-0.05, 0) is 43.9 Å². The van der Waals surface area contributed by atoms with E-state index in [1.54, 1.807) is 0 Å². The summed E-state index contributed by atoms with van der Waals surface area (Å²) in [6.45, 7) is 7.94. The number of piperazine rings is 1. The van der Waals surface area contributed by atoms with E-state index in [-0.39, 0.29) is 12.0 Å². The molecule has 0 aromatic carbocycles. The van der Waals surface area contributed by atoms with Gasteiger partial charge in [0.1, 0.15) is 0 Å². The molecule has 3 unspecified atom stereocenters. The average molecular weight is 280 g/mol. The van der Waals surface area contributed by atoms with Gasteiger partial charge in [-0.2, -0.15) is 0 Å². The van der Waals surface area contributed by atoms with E-state index in [0.717, 1.165) is 51.4 Å². The molecule has 3 rings (SSSR count). The molecule has 0 spiro atoms. The van der Waals surface area contributed by atoms with Crippen molar-refractivity contribution in [1.29, 1.82) is 0 Å². The summed E-state index contributed by atoms with van der Waals surface area (Å²) in [5, 5.41) is 9.47. The molecule has 3 atom stereocenters. The lowest BCUT2D eigenvalue weighted by Gasteiger charge is -2.44. The van der Waals surface area contributed by atoms with Crippen molar-refractivity contribution in [3.63, 3.8) is 0 Å². The van der Waals surface area contributed by atoms with Gasteiger partial charge in [0.25, 0.3) is 0 Å². The number of hydrogen-bond acceptors (Lipinski definition) is 3. The molecule has 3 aliphatic rings. The Morgan fingerprint density at radius 2 is 1.80 bits per heavy atom. The Morgan fingerprint density at radius 3 is 2.40 bits per heavy atom. The second kappa shape index (κ2) is 6.02. The standard InChI is InChI=1S/C16H28N2O2/c1-12-2-5-14(16(19)20)15(10-12)18-8-6-17(7-9-18)11-13-3-4-13/h12-15H,2-11H2,1H3,(H,19,20). The van der Waals surface area contributed by atoms with E-state index in [1.807, 2.05) is 0 Å². The Morgan fingerprint density at radius 1 is 1.10 bits per heavy atom. The fraction of sp³-hybridized carbons (Fsp3) is 0.938. The maximum Gasteiger partial charge on any atom is 0.308 e. The summed E-state index contributed by atoms with van der Waals surface area (Å²) in [5.41, 5.74) is 0. The van der Waals surface area contributed by atoms with E-state index in [2.05, 4.69) is 16.7 Å². The predicted octanol–water partition coefficient (Wildman–Crippen LogP) is 1.90. The van der Waals surface area contributed by atoms with Crippen LogP contribution in [0.1, 0.15) is 39.0 Å². The fourth-order valence-electron chi connectivity index (χ4n) is 3.99. The van der Waals surface area contributed by atoms with Gasteiger partial charge in [-0.3, -0.25) is 9.69 Å². The van der Waals surface area contributed by atoms with Crippen molar-refractivity contribution in [2.45, 2.75) is 45.1 Å². The van der Waals surface area contributed by atoms with Crippen molar-refractivity contribution in [1.82, 2.24) is 9.80 Å². The van der Waals surface area contributed by atoms with Gasteiger partial charge >= 0.3 is 5.97 Å². The van der Waals surface area contributed by atoms with Crippen molar-refractivity contribution in [3.05, 3.63) is 0 Å². The highest BCUT2D eigenvalue weighted by molar-refractivity contribution is 5.71. The summed E-state index contributed by atoms with van der Waals surface area (Å²) < 4.78 is 0. The van der Waals surface area contributed by atoms with Gasteiger partial charge in [-0.25, -0.2) is 0 Å². The van der Waals surface area contributed by atoms with Crippen LogP contribution in [0, 0.1) is 17.8 Å². The van der Waals surface area contributed by atoms with Crippen LogP contribution in [0.2, 0.25) is 0 Å². The molecular formula is C16H28N2O2. The summed E-state index contributed by atoms with van der Waals surface area (Å²) in [7, 11) is 0. The first-order chi connectivity index (χ1) is 9.63. The molecule has 4 heteroatoms. The molecule has 4 nitrogen and oxygen atoms in total. The molecule has 2 saturated carbocycles. The van der Waals surface area contributed by atoms with Crippen LogP contribution >= 0.6 is 0 Å². The monoisotopic (exact) mass is 280 g/mol. The Balaban J connectivity index is 1.55. The quantitative estimate of drug-likeness (QED) is 0.854. The molecule has 0 bridgehead atoms. The number of aliphatic carboxylic acids is 1. The van der Waals surface area contributed by atoms with Crippen molar-refractivity contribution >= 4 is 5.97 Å². The number of nitrogens with zero attached hydrogens (tertiary/aromatic N) is 2. The van der Waals surface area contributed by atoms with E-state index >= 15 is 0 Å². The van der Waals surface area contributed by atoms with E-state index in [9.17, 15) is 9.90 Å². The highest BCUT2D eigenvalue weighted by Gasteiger charge is 2.38. The maximum absolute atomic E-state index is 11.5. The molecule has 0 amide bonds. The minimum atomic E-state index is -0.581. The topological polar surface area (TPSA) is 43.8 Å². The summed E-state index contributed by atoms with van der Waals surface area (Å²) in [6.07, 6.45) is 5.85. The average Bonchev–Trinajstić information content (AvgIpc) is 3.23. The Kier molecular flexibility index (Phi) is 4.32. The SMILES string of the molecule is CC1CCC(C(=O)O)C(N2CCN(CC3CC3)CC2)C1. The zero-order valence-corrected chi connectivity index (χ0v) is 12.6. The normalized spacial score (nSPS) is 37.0. The maximum atomic E-state index is 11.5. The second-order valence-electron chi connectivity index (χ2n) is 7.21. The van der Waals surface area contributed by atoms with Gasteiger partial charge in [0, 0.05) is 38.8 Å². The summed E-state index contributed by atoms with van der Waals surface area (Å²) in [6, 6.07) is 0.277. The Hall–Kier alpha value is -0.610. The molecule has 1 heterocycles. The molecule has 20 heavy (non-hydrogen) atoms. The van der Waals surface area contributed by atoms with Crippen LogP contribution < -0.4 is 0 Å². The number of rotatable bonds is 4. The third kappa shape index (κ3) is 3.34. The lowest BCUT2D eigenvalue weighted by Crippen LogP contribution is -2.55. The number of hydrogen-bond donors (Lipinski definition) is 1. The Labute approximate surface area is 122 Å². The van der Waals surface area contributed by atoms with Crippen LogP contribution in [0.4, 0.5) is 0 Å². The third-order valence-corrected chi connectivity index (χ3v) is 5.49. The highest BCUT2D eigenvalue weighted by atomic mass is 16.4. The molecule has 0 aromatic heterocycles. The molecule has 1 aliphatic heterocycles. The molecule has 0 radical (unpaired) electrons. The molecule has 0 aromatic rings. The molecule has 1 saturated heterocycles. The largest absolute Gasteiger partial charge is 0.481 e.